The molecule has 0 saturated carbocycles. The lowest BCUT2D eigenvalue weighted by molar-refractivity contribution is -0.137. The Morgan fingerprint density at radius 1 is 0.750 bits per heavy atom. The number of ether oxygens (including phenoxy) is 3. The van der Waals surface area contributed by atoms with Gasteiger partial charge in [-0.25, -0.2) is 0 Å². The van der Waals surface area contributed by atoms with E-state index in [9.17, 15) is 13.2 Å². The Morgan fingerprint density at radius 2 is 1.32 bits per heavy atom. The van der Waals surface area contributed by atoms with Gasteiger partial charge in [0.2, 0.25) is 0 Å². The predicted octanol–water partition coefficient (Wildman–Crippen LogP) is 8.31. The number of hydrogen-bond acceptors (Lipinski definition) is 6. The minimum absolute atomic E-state index is 0.450. The molecular weight excluding hydrogens is 537 g/mol. The summed E-state index contributed by atoms with van der Waals surface area (Å²) < 4.78 is 55.6. The zero-order valence-corrected chi connectivity index (χ0v) is 23.3. The van der Waals surface area contributed by atoms with Gasteiger partial charge >= 0.3 is 6.18 Å². The molecule has 210 valence electrons. The summed E-state index contributed by atoms with van der Waals surface area (Å²) in [5, 5.41) is 6.69. The third-order valence-corrected chi connectivity index (χ3v) is 6.97. The molecule has 40 heavy (non-hydrogen) atoms. The molecule has 5 nitrogen and oxygen atoms in total. The van der Waals surface area contributed by atoms with Gasteiger partial charge in [0.25, 0.3) is 0 Å². The maximum atomic E-state index is 12.8. The summed E-state index contributed by atoms with van der Waals surface area (Å²) in [6, 6.07) is 24.7. The van der Waals surface area contributed by atoms with Gasteiger partial charge in [-0.15, -0.1) is 11.8 Å². The fraction of sp³-hybridized carbons (Fsp3) is 0.226. The van der Waals surface area contributed by atoms with E-state index in [0.717, 1.165) is 34.6 Å². The van der Waals surface area contributed by atoms with Crippen LogP contribution in [0, 0.1) is 0 Å². The molecule has 9 heteroatoms. The Morgan fingerprint density at radius 3 is 1.85 bits per heavy atom. The molecule has 0 saturated heterocycles. The van der Waals surface area contributed by atoms with E-state index in [1.54, 1.807) is 38.1 Å². The van der Waals surface area contributed by atoms with Crippen LogP contribution in [0.15, 0.2) is 89.8 Å². The quantitative estimate of drug-likeness (QED) is 0.132. The minimum Gasteiger partial charge on any atom is -0.496 e. The molecular formula is C31H31F3N2O3S. The number of thioether (sulfide) groups is 1. The van der Waals surface area contributed by atoms with Crippen molar-refractivity contribution in [1.29, 1.82) is 0 Å². The second-order valence-corrected chi connectivity index (χ2v) is 9.79. The zero-order chi connectivity index (χ0) is 28.5. The number of halogens is 3. The minimum atomic E-state index is -4.33. The van der Waals surface area contributed by atoms with Crippen molar-refractivity contribution >= 4 is 23.1 Å². The number of hydrogen-bond donors (Lipinski definition) is 2. The lowest BCUT2D eigenvalue weighted by Crippen LogP contribution is -2.18. The molecule has 4 aromatic rings. The summed E-state index contributed by atoms with van der Waals surface area (Å²) in [5.41, 5.74) is 2.93. The highest BCUT2D eigenvalue weighted by Crippen LogP contribution is 2.36. The average Bonchev–Trinajstić information content (AvgIpc) is 2.96. The zero-order valence-electron chi connectivity index (χ0n) is 22.5. The molecule has 4 rings (SSSR count). The first-order valence-corrected chi connectivity index (χ1v) is 13.8. The Bertz CT molecular complexity index is 1350. The van der Waals surface area contributed by atoms with Crippen LogP contribution in [0.1, 0.15) is 16.7 Å². The van der Waals surface area contributed by atoms with Crippen LogP contribution in [0.25, 0.3) is 0 Å². The number of rotatable bonds is 12. The lowest BCUT2D eigenvalue weighted by Gasteiger charge is -2.17. The maximum absolute atomic E-state index is 12.8. The number of alkyl halides is 3. The van der Waals surface area contributed by atoms with E-state index in [2.05, 4.69) is 22.8 Å². The van der Waals surface area contributed by atoms with Crippen LogP contribution in [0.3, 0.4) is 0 Å². The summed E-state index contributed by atoms with van der Waals surface area (Å²) in [5.74, 6) is 2.43. The van der Waals surface area contributed by atoms with Crippen molar-refractivity contribution < 1.29 is 27.4 Å². The molecule has 0 aliphatic carbocycles. The van der Waals surface area contributed by atoms with E-state index in [-0.39, 0.29) is 0 Å². The fourth-order valence-corrected chi connectivity index (χ4v) is 4.49. The van der Waals surface area contributed by atoms with Crippen LogP contribution in [0.2, 0.25) is 0 Å². The molecule has 0 unspecified atom stereocenters. The monoisotopic (exact) mass is 568 g/mol. The second kappa shape index (κ2) is 13.5. The Labute approximate surface area is 236 Å². The largest absolute Gasteiger partial charge is 0.496 e. The summed E-state index contributed by atoms with van der Waals surface area (Å²) in [4.78, 5) is 1.21. The van der Waals surface area contributed by atoms with Gasteiger partial charge in [-0.1, -0.05) is 12.1 Å². The van der Waals surface area contributed by atoms with Crippen molar-refractivity contribution in [3.8, 4) is 23.0 Å². The van der Waals surface area contributed by atoms with Crippen LogP contribution < -0.4 is 24.8 Å². The topological polar surface area (TPSA) is 51.8 Å². The van der Waals surface area contributed by atoms with E-state index in [1.807, 2.05) is 42.7 Å². The van der Waals surface area contributed by atoms with E-state index >= 15 is 0 Å². The Balaban J connectivity index is 1.36. The fourth-order valence-electron chi connectivity index (χ4n) is 4.08. The first-order valence-electron chi connectivity index (χ1n) is 12.6. The van der Waals surface area contributed by atoms with Gasteiger partial charge in [0.1, 0.15) is 23.0 Å². The van der Waals surface area contributed by atoms with Crippen molar-refractivity contribution in [2.24, 2.45) is 0 Å². The third-order valence-electron chi connectivity index (χ3n) is 6.22. The van der Waals surface area contributed by atoms with Gasteiger partial charge in [0.05, 0.1) is 25.3 Å². The van der Waals surface area contributed by atoms with E-state index in [0.29, 0.717) is 42.5 Å². The highest BCUT2D eigenvalue weighted by atomic mass is 32.2. The molecule has 0 bridgehead atoms. The lowest BCUT2D eigenvalue weighted by atomic mass is 10.1. The summed E-state index contributed by atoms with van der Waals surface area (Å²) in [7, 11) is 3.16. The molecule has 2 N–H and O–H groups in total. The van der Waals surface area contributed by atoms with E-state index in [1.165, 1.54) is 17.0 Å². The van der Waals surface area contributed by atoms with Crippen LogP contribution in [-0.4, -0.2) is 27.0 Å². The second-order valence-electron chi connectivity index (χ2n) is 8.91. The van der Waals surface area contributed by atoms with Crippen LogP contribution in [-0.2, 0) is 19.1 Å². The highest BCUT2D eigenvalue weighted by Gasteiger charge is 2.29. The number of benzene rings is 4. The van der Waals surface area contributed by atoms with Crippen molar-refractivity contribution in [3.05, 3.63) is 102 Å². The van der Waals surface area contributed by atoms with Gasteiger partial charge in [0.15, 0.2) is 0 Å². The maximum Gasteiger partial charge on any atom is 0.416 e. The Kier molecular flexibility index (Phi) is 9.84. The van der Waals surface area contributed by atoms with Gasteiger partial charge in [-0.3, -0.25) is 0 Å². The van der Waals surface area contributed by atoms with Crippen molar-refractivity contribution in [3.63, 3.8) is 0 Å². The first-order chi connectivity index (χ1) is 19.3. The third kappa shape index (κ3) is 7.86. The van der Waals surface area contributed by atoms with Gasteiger partial charge < -0.3 is 24.8 Å². The molecule has 0 aliphatic rings. The van der Waals surface area contributed by atoms with E-state index < -0.39 is 11.7 Å². The van der Waals surface area contributed by atoms with E-state index in [4.69, 9.17) is 14.2 Å². The van der Waals surface area contributed by atoms with Crippen molar-refractivity contribution in [2.45, 2.75) is 24.0 Å². The Hall–Kier alpha value is -3.82. The summed E-state index contributed by atoms with van der Waals surface area (Å²) in [6.07, 6.45) is -1.70. The van der Waals surface area contributed by atoms with Gasteiger partial charge in [-0.05, 0) is 85.4 Å². The molecule has 0 radical (unpaired) electrons. The number of methoxy groups -OCH3 is 2. The summed E-state index contributed by atoms with van der Waals surface area (Å²) in [6.45, 7) is 1.02. The van der Waals surface area contributed by atoms with Gasteiger partial charge in [-0.2, -0.15) is 13.2 Å². The number of anilines is 2. The number of nitrogens with one attached hydrogen (secondary N) is 2. The average molecular weight is 569 g/mol. The first kappa shape index (κ1) is 29.2. The highest BCUT2D eigenvalue weighted by molar-refractivity contribution is 7.98. The van der Waals surface area contributed by atoms with Crippen molar-refractivity contribution in [1.82, 2.24) is 5.32 Å². The summed E-state index contributed by atoms with van der Waals surface area (Å²) >= 11 is 1.70. The normalized spacial score (nSPS) is 11.2. The molecule has 0 fully saturated rings. The molecule has 0 aliphatic heterocycles. The molecule has 0 aromatic heterocycles. The van der Waals surface area contributed by atoms with Crippen LogP contribution in [0.5, 0.6) is 23.0 Å². The van der Waals surface area contributed by atoms with Gasteiger partial charge in [0, 0.05) is 34.9 Å². The molecule has 4 aromatic carbocycles. The van der Waals surface area contributed by atoms with Crippen LogP contribution >= 0.6 is 11.8 Å². The van der Waals surface area contributed by atoms with Crippen LogP contribution in [0.4, 0.5) is 24.5 Å². The SMILES string of the molecule is COc1cc(Oc2ccc(Nc3ccc(SC)cc3)cc2)cc(OC)c1CNCCc1ccc(C(F)(F)F)cc1. The molecule has 0 atom stereocenters. The molecule has 0 spiro atoms. The molecule has 0 amide bonds. The standard InChI is InChI=1S/C31H31F3N2O3S/c1-37-29-18-26(39-25-12-8-23(9-13-25)36-24-10-14-27(40-3)15-11-24)19-30(38-2)28(29)20-35-17-16-21-4-6-22(7-5-21)31(32,33)34/h4-15,18-19,35-36H,16-17,20H2,1-3H3. The van der Waals surface area contributed by atoms with Crippen molar-refractivity contribution in [2.75, 3.05) is 32.3 Å². The molecule has 0 heterocycles. The smallest absolute Gasteiger partial charge is 0.416 e. The predicted molar refractivity (Wildman–Crippen MR) is 154 cm³/mol.